The highest BCUT2D eigenvalue weighted by atomic mass is 28.3. The average Bonchev–Trinajstić information content (AvgIpc) is 2.91. The Balaban J connectivity index is 1.99. The van der Waals surface area contributed by atoms with Crippen molar-refractivity contribution in [2.24, 2.45) is 5.92 Å². The minimum Gasteiger partial charge on any atom is -0.444 e. The molecular weight excluding hydrogens is 448 g/mol. The number of hydrogen-bond acceptors (Lipinski definition) is 3. The monoisotopic (exact) mass is 492 g/mol. The molecule has 5 atom stereocenters. The van der Waals surface area contributed by atoms with Crippen molar-refractivity contribution in [3.63, 3.8) is 0 Å². The van der Waals surface area contributed by atoms with Crippen molar-refractivity contribution in [2.45, 2.75) is 96.1 Å². The third-order valence-electron chi connectivity index (χ3n) is 8.21. The largest absolute Gasteiger partial charge is 0.444 e. The summed E-state index contributed by atoms with van der Waals surface area (Å²) in [6, 6.07) is 22.8. The van der Waals surface area contributed by atoms with Crippen molar-refractivity contribution in [1.29, 1.82) is 0 Å². The minimum atomic E-state index is -2.47. The van der Waals surface area contributed by atoms with Gasteiger partial charge in [-0.25, -0.2) is 4.79 Å². The molecule has 1 N–H and O–H groups in total. The summed E-state index contributed by atoms with van der Waals surface area (Å²) in [7, 11) is -2.47. The van der Waals surface area contributed by atoms with E-state index in [1.54, 1.807) is 0 Å². The third kappa shape index (κ3) is 4.58. The van der Waals surface area contributed by atoms with Gasteiger partial charge >= 0.3 is 6.09 Å². The van der Waals surface area contributed by atoms with E-state index in [1.807, 2.05) is 20.8 Å². The molecule has 4 rings (SSSR count). The first kappa shape index (κ1) is 26.0. The first-order valence-electron chi connectivity index (χ1n) is 13.2. The van der Waals surface area contributed by atoms with Gasteiger partial charge in [-0.05, 0) is 51.6 Å². The Hall–Kier alpha value is -2.11. The fraction of sp³-hybridized carbons (Fsp3) is 0.567. The summed E-state index contributed by atoms with van der Waals surface area (Å²) in [4.78, 5) is 15.8. The maximum atomic E-state index is 13.7. The summed E-state index contributed by atoms with van der Waals surface area (Å²) >= 11 is 0. The molecule has 2 aliphatic rings. The van der Waals surface area contributed by atoms with Gasteiger partial charge in [0.1, 0.15) is 13.7 Å². The number of nitrogens with one attached hydrogen (secondary N) is 1. The van der Waals surface area contributed by atoms with Crippen LogP contribution in [0.5, 0.6) is 0 Å². The van der Waals surface area contributed by atoms with Crippen LogP contribution in [0.2, 0.25) is 10.6 Å². The van der Waals surface area contributed by atoms with E-state index in [2.05, 4.69) is 105 Å². The predicted octanol–water partition coefficient (Wildman–Crippen LogP) is 5.43. The van der Waals surface area contributed by atoms with Crippen LogP contribution < -0.4 is 15.7 Å². The SMILES string of the molecule is C[C@@H]1CN[C@@H]2C([Si](c3ccccc3)(c3ccccc3)C(C)(C)C)[C@@H](C1)N(C(=O)OC(C)(C)C)[C@H]2C. The van der Waals surface area contributed by atoms with Gasteiger partial charge < -0.3 is 15.0 Å². The van der Waals surface area contributed by atoms with Crippen LogP contribution in [-0.2, 0) is 4.74 Å². The van der Waals surface area contributed by atoms with E-state index in [0.29, 0.717) is 11.5 Å². The Morgan fingerprint density at radius 1 is 0.914 bits per heavy atom. The van der Waals surface area contributed by atoms with Gasteiger partial charge in [0.15, 0.2) is 0 Å². The summed E-state index contributed by atoms with van der Waals surface area (Å²) in [6.07, 6.45) is 0.818. The number of nitrogens with zero attached hydrogens (tertiary/aromatic N) is 1. The van der Waals surface area contributed by atoms with Gasteiger partial charge in [0.2, 0.25) is 0 Å². The average molecular weight is 493 g/mol. The summed E-state index contributed by atoms with van der Waals surface area (Å²) in [5, 5.41) is 6.90. The van der Waals surface area contributed by atoms with Gasteiger partial charge in [-0.2, -0.15) is 0 Å². The minimum absolute atomic E-state index is 0.0236. The van der Waals surface area contributed by atoms with E-state index in [-0.39, 0.29) is 29.3 Å². The molecule has 2 aliphatic heterocycles. The van der Waals surface area contributed by atoms with Gasteiger partial charge in [-0.3, -0.25) is 0 Å². The second-order valence-electron chi connectivity index (χ2n) is 12.8. The summed E-state index contributed by atoms with van der Waals surface area (Å²) in [6.45, 7) is 18.7. The molecule has 35 heavy (non-hydrogen) atoms. The number of carbonyl (C=O) groups excluding carboxylic acids is 1. The normalized spacial score (nSPS) is 27.4. The van der Waals surface area contributed by atoms with Gasteiger partial charge in [0, 0.05) is 23.7 Å². The smallest absolute Gasteiger partial charge is 0.410 e. The second-order valence-corrected chi connectivity index (χ2v) is 17.7. The van der Waals surface area contributed by atoms with Crippen molar-refractivity contribution < 1.29 is 9.53 Å². The summed E-state index contributed by atoms with van der Waals surface area (Å²) in [5.74, 6) is 0.489. The molecule has 0 aromatic heterocycles. The highest BCUT2D eigenvalue weighted by molar-refractivity contribution is 7.05. The molecule has 5 heteroatoms. The zero-order valence-corrected chi connectivity index (χ0v) is 23.8. The number of hydrogen-bond donors (Lipinski definition) is 1. The predicted molar refractivity (Wildman–Crippen MR) is 148 cm³/mol. The van der Waals surface area contributed by atoms with Crippen LogP contribution in [0.25, 0.3) is 0 Å². The molecule has 1 amide bonds. The number of benzene rings is 2. The van der Waals surface area contributed by atoms with Crippen molar-refractivity contribution >= 4 is 24.5 Å². The van der Waals surface area contributed by atoms with E-state index in [0.717, 1.165) is 13.0 Å². The Bertz CT molecular complexity index is 973. The number of rotatable bonds is 3. The van der Waals surface area contributed by atoms with Crippen LogP contribution >= 0.6 is 0 Å². The van der Waals surface area contributed by atoms with Gasteiger partial charge in [-0.1, -0.05) is 98.7 Å². The van der Waals surface area contributed by atoms with Crippen LogP contribution in [-0.4, -0.2) is 49.3 Å². The molecule has 0 spiro atoms. The highest BCUT2D eigenvalue weighted by Crippen LogP contribution is 2.53. The number of likely N-dealkylation sites (tertiary alicyclic amines) is 1. The zero-order valence-electron chi connectivity index (χ0n) is 22.8. The quantitative estimate of drug-likeness (QED) is 0.581. The lowest BCUT2D eigenvalue weighted by atomic mass is 10.0. The van der Waals surface area contributed by atoms with Crippen molar-refractivity contribution in [2.75, 3.05) is 6.54 Å². The van der Waals surface area contributed by atoms with Crippen LogP contribution in [0.1, 0.15) is 61.8 Å². The topological polar surface area (TPSA) is 41.6 Å². The molecule has 2 aromatic rings. The fourth-order valence-corrected chi connectivity index (χ4v) is 14.2. The van der Waals surface area contributed by atoms with Crippen LogP contribution in [0.4, 0.5) is 4.79 Å². The van der Waals surface area contributed by atoms with Crippen molar-refractivity contribution in [3.8, 4) is 0 Å². The van der Waals surface area contributed by atoms with Gasteiger partial charge in [0.05, 0.1) is 0 Å². The molecule has 1 unspecified atom stereocenters. The van der Waals surface area contributed by atoms with E-state index >= 15 is 0 Å². The molecule has 2 bridgehead atoms. The van der Waals surface area contributed by atoms with Gasteiger partial charge in [-0.15, -0.1) is 0 Å². The standard InChI is InChI=1S/C30H44N2O2Si/c1-21-19-25-27(26(31-20-21)22(2)32(25)28(33)34-29(3,4)5)35(30(6,7)8,23-15-11-9-12-16-23)24-17-13-10-14-18-24/h9-18,21-22,25-27,31H,19-20H2,1-8H3/t21-,22-,25+,26-,27?/m0/s1. The number of ether oxygens (including phenoxy) is 1. The fourth-order valence-electron chi connectivity index (χ4n) is 7.07. The molecule has 0 saturated carbocycles. The Morgan fingerprint density at radius 3 is 1.89 bits per heavy atom. The summed E-state index contributed by atoms with van der Waals surface area (Å²) < 4.78 is 6.01. The van der Waals surface area contributed by atoms with E-state index < -0.39 is 13.7 Å². The highest BCUT2D eigenvalue weighted by Gasteiger charge is 2.64. The van der Waals surface area contributed by atoms with Crippen molar-refractivity contribution in [3.05, 3.63) is 60.7 Å². The molecule has 4 nitrogen and oxygen atoms in total. The molecule has 2 aromatic carbocycles. The maximum absolute atomic E-state index is 13.7. The molecule has 2 fully saturated rings. The second kappa shape index (κ2) is 9.40. The molecule has 190 valence electrons. The lowest BCUT2D eigenvalue weighted by molar-refractivity contribution is 0.0122. The molecule has 2 saturated heterocycles. The van der Waals surface area contributed by atoms with E-state index in [1.165, 1.54) is 10.4 Å². The summed E-state index contributed by atoms with van der Waals surface area (Å²) in [5.41, 5.74) is -0.199. The Kier molecular flexibility index (Phi) is 6.97. The van der Waals surface area contributed by atoms with Crippen LogP contribution in [0.3, 0.4) is 0 Å². The number of fused-ring (bicyclic) bond motifs is 2. The lowest BCUT2D eigenvalue weighted by Gasteiger charge is -2.51. The molecule has 0 aliphatic carbocycles. The first-order chi connectivity index (χ1) is 16.4. The third-order valence-corrected chi connectivity index (χ3v) is 14.8. The molecule has 2 heterocycles. The van der Waals surface area contributed by atoms with Crippen molar-refractivity contribution in [1.82, 2.24) is 10.2 Å². The molecule has 0 radical (unpaired) electrons. The Morgan fingerprint density at radius 2 is 1.43 bits per heavy atom. The lowest BCUT2D eigenvalue weighted by Crippen LogP contribution is -2.71. The van der Waals surface area contributed by atoms with Crippen LogP contribution in [0, 0.1) is 5.92 Å². The van der Waals surface area contributed by atoms with Gasteiger partial charge in [0.25, 0.3) is 0 Å². The Labute approximate surface area is 213 Å². The number of carbonyl (C=O) groups is 1. The maximum Gasteiger partial charge on any atom is 0.410 e. The zero-order chi connectivity index (χ0) is 25.6. The van der Waals surface area contributed by atoms with E-state index in [4.69, 9.17) is 4.74 Å². The first-order valence-corrected chi connectivity index (χ1v) is 15.3. The molecular formula is C30H44N2O2Si. The number of amides is 1. The van der Waals surface area contributed by atoms with E-state index in [9.17, 15) is 4.79 Å². The van der Waals surface area contributed by atoms with Crippen LogP contribution in [0.15, 0.2) is 60.7 Å².